The number of nitrogens with one attached hydrogen (secondary N) is 1. The summed E-state index contributed by atoms with van der Waals surface area (Å²) in [6.07, 6.45) is 3.79. The number of carbonyl (C=O) groups excluding carboxylic acids is 3. The molecule has 0 radical (unpaired) electrons. The molecule has 0 bridgehead atoms. The molecule has 1 N–H and O–H groups in total. The highest BCUT2D eigenvalue weighted by Gasteiger charge is 2.41. The third-order valence-electron chi connectivity index (χ3n) is 4.41. The molecule has 1 fully saturated rings. The Morgan fingerprint density at radius 2 is 1.72 bits per heavy atom. The summed E-state index contributed by atoms with van der Waals surface area (Å²) in [6.45, 7) is 5.73. The van der Waals surface area contributed by atoms with E-state index >= 15 is 0 Å². The van der Waals surface area contributed by atoms with Gasteiger partial charge in [-0.1, -0.05) is 18.2 Å². The van der Waals surface area contributed by atoms with Crippen LogP contribution in [0.2, 0.25) is 0 Å². The zero-order valence-electron chi connectivity index (χ0n) is 16.9. The van der Waals surface area contributed by atoms with Gasteiger partial charge in [-0.05, 0) is 57.9 Å². The largest absolute Gasteiger partial charge is 0.444 e. The maximum absolute atomic E-state index is 13.4. The fraction of sp³-hybridized carbons (Fsp3) is 0.381. The highest BCUT2D eigenvalue weighted by atomic mass is 16.6. The number of para-hydroxylation sites is 1. The van der Waals surface area contributed by atoms with Gasteiger partial charge in [-0.25, -0.2) is 9.59 Å². The van der Waals surface area contributed by atoms with Crippen molar-refractivity contribution in [3.63, 3.8) is 0 Å². The first-order valence-corrected chi connectivity index (χ1v) is 9.59. The molecule has 8 nitrogen and oxygen atoms in total. The van der Waals surface area contributed by atoms with E-state index in [0.717, 1.165) is 5.01 Å². The lowest BCUT2D eigenvalue weighted by Crippen LogP contribution is -2.55. The Morgan fingerprint density at radius 3 is 2.34 bits per heavy atom. The maximum Gasteiger partial charge on any atom is 0.410 e. The Hall–Kier alpha value is -3.29. The molecule has 2 heterocycles. The van der Waals surface area contributed by atoms with Gasteiger partial charge in [0.05, 0.1) is 0 Å². The van der Waals surface area contributed by atoms with E-state index in [4.69, 9.17) is 4.74 Å². The third kappa shape index (κ3) is 4.96. The van der Waals surface area contributed by atoms with Gasteiger partial charge in [0.2, 0.25) is 0 Å². The normalized spacial score (nSPS) is 16.4. The number of urea groups is 1. The molecule has 1 aromatic heterocycles. The topological polar surface area (TPSA) is 83.9 Å². The molecule has 1 aliphatic heterocycles. The van der Waals surface area contributed by atoms with Crippen LogP contribution in [-0.2, 0) is 9.53 Å². The van der Waals surface area contributed by atoms with Crippen molar-refractivity contribution >= 4 is 23.7 Å². The molecule has 154 valence electrons. The van der Waals surface area contributed by atoms with Crippen LogP contribution < -0.4 is 10.3 Å². The van der Waals surface area contributed by atoms with Crippen molar-refractivity contribution in [3.05, 3.63) is 54.9 Å². The summed E-state index contributed by atoms with van der Waals surface area (Å²) in [6, 6.07) is 10.9. The van der Waals surface area contributed by atoms with E-state index in [-0.39, 0.29) is 0 Å². The Labute approximate surface area is 170 Å². The SMILES string of the molecule is CC(C)(C)OC(=O)N1CCCC1C(=O)N(C(=O)Nc1ccccc1)n1cccc1. The molecule has 1 aliphatic rings. The van der Waals surface area contributed by atoms with Gasteiger partial charge in [0.15, 0.2) is 0 Å². The number of rotatable bonds is 3. The molecule has 2 aromatic rings. The van der Waals surface area contributed by atoms with Crippen molar-refractivity contribution in [1.29, 1.82) is 0 Å². The summed E-state index contributed by atoms with van der Waals surface area (Å²) in [5, 5.41) is 3.74. The summed E-state index contributed by atoms with van der Waals surface area (Å²) in [4.78, 5) is 40.3. The van der Waals surface area contributed by atoms with Gasteiger partial charge in [0, 0.05) is 24.6 Å². The molecule has 1 aromatic carbocycles. The highest BCUT2D eigenvalue weighted by Crippen LogP contribution is 2.23. The maximum atomic E-state index is 13.4. The van der Waals surface area contributed by atoms with Crippen molar-refractivity contribution in [2.45, 2.75) is 45.3 Å². The smallest absolute Gasteiger partial charge is 0.410 e. The highest BCUT2D eigenvalue weighted by molar-refractivity contribution is 6.14. The van der Waals surface area contributed by atoms with E-state index < -0.39 is 29.7 Å². The second kappa shape index (κ2) is 8.38. The lowest BCUT2D eigenvalue weighted by atomic mass is 10.2. The Kier molecular flexibility index (Phi) is 5.91. The number of likely N-dealkylation sites (tertiary alicyclic amines) is 1. The molecular formula is C21H26N4O4. The van der Waals surface area contributed by atoms with E-state index in [9.17, 15) is 14.4 Å². The van der Waals surface area contributed by atoms with Crippen molar-refractivity contribution in [2.75, 3.05) is 16.9 Å². The number of anilines is 1. The Morgan fingerprint density at radius 1 is 1.07 bits per heavy atom. The Bertz CT molecular complexity index is 859. The van der Waals surface area contributed by atoms with E-state index in [1.54, 1.807) is 69.6 Å². The van der Waals surface area contributed by atoms with Crippen LogP contribution >= 0.6 is 0 Å². The number of benzene rings is 1. The average molecular weight is 398 g/mol. The van der Waals surface area contributed by atoms with Crippen LogP contribution in [0.3, 0.4) is 0 Å². The average Bonchev–Trinajstić information content (AvgIpc) is 3.33. The first kappa shape index (κ1) is 20.4. The zero-order valence-corrected chi connectivity index (χ0v) is 16.9. The minimum Gasteiger partial charge on any atom is -0.444 e. The molecule has 0 spiro atoms. The second-order valence-corrected chi connectivity index (χ2v) is 7.84. The zero-order chi connectivity index (χ0) is 21.0. The van der Waals surface area contributed by atoms with Gasteiger partial charge in [0.25, 0.3) is 5.91 Å². The molecule has 1 atom stereocenters. The summed E-state index contributed by atoms with van der Waals surface area (Å²) in [5.74, 6) is -0.488. The Balaban J connectivity index is 1.83. The van der Waals surface area contributed by atoms with Gasteiger partial charge in [0.1, 0.15) is 11.6 Å². The van der Waals surface area contributed by atoms with Gasteiger partial charge in [-0.3, -0.25) is 14.4 Å². The van der Waals surface area contributed by atoms with Gasteiger partial charge >= 0.3 is 12.1 Å². The van der Waals surface area contributed by atoms with Crippen LogP contribution in [0.1, 0.15) is 33.6 Å². The quantitative estimate of drug-likeness (QED) is 0.856. The predicted octanol–water partition coefficient (Wildman–Crippen LogP) is 3.58. The van der Waals surface area contributed by atoms with Crippen molar-refractivity contribution in [3.8, 4) is 0 Å². The summed E-state index contributed by atoms with van der Waals surface area (Å²) in [7, 11) is 0. The van der Waals surface area contributed by atoms with Gasteiger partial charge in [-0.2, -0.15) is 5.01 Å². The van der Waals surface area contributed by atoms with Crippen LogP contribution in [0.4, 0.5) is 15.3 Å². The van der Waals surface area contributed by atoms with Crippen LogP contribution in [0, 0.1) is 0 Å². The van der Waals surface area contributed by atoms with Crippen LogP contribution in [0.25, 0.3) is 0 Å². The number of nitrogens with zero attached hydrogens (tertiary/aromatic N) is 3. The second-order valence-electron chi connectivity index (χ2n) is 7.84. The number of hydrogen-bond donors (Lipinski definition) is 1. The fourth-order valence-corrected chi connectivity index (χ4v) is 3.18. The van der Waals surface area contributed by atoms with Crippen molar-refractivity contribution in [2.24, 2.45) is 0 Å². The van der Waals surface area contributed by atoms with E-state index in [2.05, 4.69) is 5.32 Å². The molecule has 0 aliphatic carbocycles. The minimum absolute atomic E-state index is 0.408. The van der Waals surface area contributed by atoms with Crippen molar-refractivity contribution in [1.82, 2.24) is 9.58 Å². The lowest BCUT2D eigenvalue weighted by Gasteiger charge is -2.31. The lowest BCUT2D eigenvalue weighted by molar-refractivity contribution is -0.123. The molecule has 3 rings (SSSR count). The van der Waals surface area contributed by atoms with Crippen LogP contribution in [0.5, 0.6) is 0 Å². The molecule has 8 heteroatoms. The van der Waals surface area contributed by atoms with Gasteiger partial charge in [-0.15, -0.1) is 0 Å². The van der Waals surface area contributed by atoms with E-state index in [1.807, 2.05) is 6.07 Å². The number of ether oxygens (including phenoxy) is 1. The van der Waals surface area contributed by atoms with Crippen LogP contribution in [-0.4, -0.2) is 45.8 Å². The number of carbonyl (C=O) groups is 3. The standard InChI is InChI=1S/C21H26N4O4/c1-21(2,3)29-20(28)24-15-9-12-17(24)18(26)25(23-13-7-8-14-23)19(27)22-16-10-5-4-6-11-16/h4-8,10-11,13-14,17H,9,12,15H2,1-3H3,(H,22,27). The predicted molar refractivity (Wildman–Crippen MR) is 109 cm³/mol. The van der Waals surface area contributed by atoms with Crippen LogP contribution in [0.15, 0.2) is 54.9 Å². The van der Waals surface area contributed by atoms with Gasteiger partial charge < -0.3 is 10.1 Å². The molecule has 1 unspecified atom stereocenters. The molecular weight excluding hydrogens is 372 g/mol. The number of aromatic nitrogens is 1. The van der Waals surface area contributed by atoms with E-state index in [1.165, 1.54) is 9.58 Å². The number of imide groups is 1. The minimum atomic E-state index is -0.770. The fourth-order valence-electron chi connectivity index (χ4n) is 3.18. The van der Waals surface area contributed by atoms with Crippen molar-refractivity contribution < 1.29 is 19.1 Å². The summed E-state index contributed by atoms with van der Waals surface area (Å²) < 4.78 is 6.85. The van der Waals surface area contributed by atoms with E-state index in [0.29, 0.717) is 25.1 Å². The molecule has 0 saturated carbocycles. The first-order chi connectivity index (χ1) is 13.8. The number of hydrogen-bond acceptors (Lipinski definition) is 4. The summed E-state index contributed by atoms with van der Waals surface area (Å²) in [5.41, 5.74) is -0.101. The first-order valence-electron chi connectivity index (χ1n) is 9.59. The monoisotopic (exact) mass is 398 g/mol. The molecule has 4 amide bonds. The third-order valence-corrected chi connectivity index (χ3v) is 4.41. The molecule has 29 heavy (non-hydrogen) atoms. The summed E-state index contributed by atoms with van der Waals surface area (Å²) >= 11 is 0. The number of amides is 4. The molecule has 1 saturated heterocycles.